The van der Waals surface area contributed by atoms with Crippen molar-refractivity contribution in [1.29, 1.82) is 0 Å². The Morgan fingerprint density at radius 2 is 2.08 bits per heavy atom. The van der Waals surface area contributed by atoms with E-state index >= 15 is 0 Å². The van der Waals surface area contributed by atoms with Gasteiger partial charge >= 0.3 is 0 Å². The van der Waals surface area contributed by atoms with Crippen LogP contribution in [0.3, 0.4) is 0 Å². The van der Waals surface area contributed by atoms with Gasteiger partial charge in [-0.1, -0.05) is 12.1 Å². The fourth-order valence-electron chi connectivity index (χ4n) is 2.84. The van der Waals surface area contributed by atoms with Gasteiger partial charge in [-0.3, -0.25) is 9.59 Å². The van der Waals surface area contributed by atoms with Crippen LogP contribution in [-0.4, -0.2) is 49.5 Å². The molecule has 0 aliphatic carbocycles. The molecule has 6 heteroatoms. The Bertz CT molecular complexity index is 790. The number of rotatable bonds is 3. The topological polar surface area (TPSA) is 65.0 Å². The molecule has 0 radical (unpaired) electrons. The lowest BCUT2D eigenvalue weighted by Gasteiger charge is -2.15. The van der Waals surface area contributed by atoms with Crippen LogP contribution in [0.25, 0.3) is 5.57 Å². The van der Waals surface area contributed by atoms with E-state index in [0.717, 1.165) is 16.8 Å². The number of allylic oxidation sites excluding steroid dienone is 1. The number of hydrogen-bond acceptors (Lipinski definition) is 5. The molecule has 0 aromatic heterocycles. The Kier molecular flexibility index (Phi) is 4.20. The van der Waals surface area contributed by atoms with E-state index in [4.69, 9.17) is 0 Å². The molecule has 2 aliphatic rings. The normalized spacial score (nSPS) is 18.4. The highest BCUT2D eigenvalue weighted by atomic mass is 16.2. The van der Waals surface area contributed by atoms with Crippen LogP contribution in [0.5, 0.6) is 0 Å². The minimum Gasteiger partial charge on any atom is -0.383 e. The Morgan fingerprint density at radius 3 is 2.79 bits per heavy atom. The zero-order valence-electron chi connectivity index (χ0n) is 14.0. The Balaban J connectivity index is 2.06. The van der Waals surface area contributed by atoms with Gasteiger partial charge in [-0.2, -0.15) is 5.10 Å². The van der Waals surface area contributed by atoms with Gasteiger partial charge in [-0.25, -0.2) is 0 Å². The number of nitrogens with zero attached hydrogens (tertiary/aromatic N) is 3. The van der Waals surface area contributed by atoms with Crippen molar-refractivity contribution in [3.8, 4) is 0 Å². The summed E-state index contributed by atoms with van der Waals surface area (Å²) in [5.41, 5.74) is 6.79. The van der Waals surface area contributed by atoms with Gasteiger partial charge in [0.25, 0.3) is 5.91 Å². The smallest absolute Gasteiger partial charge is 0.260 e. The highest BCUT2D eigenvalue weighted by Crippen LogP contribution is 2.37. The molecular weight excluding hydrogens is 304 g/mol. The Morgan fingerprint density at radius 1 is 1.29 bits per heavy atom. The molecule has 1 aromatic rings. The maximum absolute atomic E-state index is 12.6. The molecule has 0 saturated heterocycles. The number of carbonyl (C=O) groups is 2. The summed E-state index contributed by atoms with van der Waals surface area (Å²) in [6.07, 6.45) is 5.07. The number of nitrogens with one attached hydrogen (secondary N) is 1. The van der Waals surface area contributed by atoms with Crippen molar-refractivity contribution in [2.24, 2.45) is 5.10 Å². The summed E-state index contributed by atoms with van der Waals surface area (Å²) in [6, 6.07) is 5.82. The van der Waals surface area contributed by atoms with E-state index in [-0.39, 0.29) is 18.2 Å². The van der Waals surface area contributed by atoms with Crippen molar-refractivity contribution in [2.75, 3.05) is 32.1 Å². The molecular formula is C18H20N4O2. The second-order valence-electron chi connectivity index (χ2n) is 5.92. The number of hydrazone groups is 1. The van der Waals surface area contributed by atoms with Gasteiger partial charge in [0.15, 0.2) is 5.78 Å². The van der Waals surface area contributed by atoms with Crippen LogP contribution in [-0.2, 0) is 9.59 Å². The minimum absolute atomic E-state index is 0.00463. The van der Waals surface area contributed by atoms with Gasteiger partial charge < -0.3 is 15.2 Å². The van der Waals surface area contributed by atoms with Crippen molar-refractivity contribution in [3.63, 3.8) is 0 Å². The Hall–Kier alpha value is -2.89. The van der Waals surface area contributed by atoms with E-state index in [9.17, 15) is 9.59 Å². The molecule has 0 saturated carbocycles. The standard InChI is InChI=1S/C18H20N4O2/c1-4-22-17-9-12(16-8-6-13(23)10-19-20-16)5-7-14(17)15(18(22)24)11-21(2)3/h5-9,11,19H,4,10H2,1-3H3. The second kappa shape index (κ2) is 6.31. The number of benzene rings is 1. The summed E-state index contributed by atoms with van der Waals surface area (Å²) in [6.45, 7) is 2.75. The third-order valence-electron chi connectivity index (χ3n) is 3.93. The van der Waals surface area contributed by atoms with E-state index in [1.165, 1.54) is 6.08 Å². The summed E-state index contributed by atoms with van der Waals surface area (Å²) in [7, 11) is 3.80. The molecule has 0 atom stereocenters. The predicted molar refractivity (Wildman–Crippen MR) is 94.8 cm³/mol. The first-order valence-electron chi connectivity index (χ1n) is 7.87. The summed E-state index contributed by atoms with van der Waals surface area (Å²) in [4.78, 5) is 27.7. The lowest BCUT2D eigenvalue weighted by Crippen LogP contribution is -2.26. The van der Waals surface area contributed by atoms with Crippen LogP contribution in [0.15, 0.2) is 41.7 Å². The quantitative estimate of drug-likeness (QED) is 0.854. The van der Waals surface area contributed by atoms with Crippen LogP contribution in [0.4, 0.5) is 5.69 Å². The van der Waals surface area contributed by atoms with E-state index < -0.39 is 0 Å². The van der Waals surface area contributed by atoms with Crippen molar-refractivity contribution in [1.82, 2.24) is 10.3 Å². The molecule has 1 aromatic carbocycles. The number of carbonyl (C=O) groups excluding carboxylic acids is 2. The first-order valence-corrected chi connectivity index (χ1v) is 7.87. The molecule has 1 amide bonds. The summed E-state index contributed by atoms with van der Waals surface area (Å²) in [5.74, 6) is -0.0125. The minimum atomic E-state index is -0.0172. The van der Waals surface area contributed by atoms with Gasteiger partial charge in [0.2, 0.25) is 0 Å². The number of fused-ring (bicyclic) bond motifs is 1. The lowest BCUT2D eigenvalue weighted by molar-refractivity contribution is -0.114. The van der Waals surface area contributed by atoms with E-state index in [0.29, 0.717) is 17.8 Å². The van der Waals surface area contributed by atoms with Gasteiger partial charge in [0.1, 0.15) is 0 Å². The monoisotopic (exact) mass is 324 g/mol. The number of likely N-dealkylation sites (N-methyl/N-ethyl adjacent to an activating group) is 1. The number of anilines is 1. The molecule has 0 fully saturated rings. The van der Waals surface area contributed by atoms with Crippen molar-refractivity contribution in [2.45, 2.75) is 6.92 Å². The third kappa shape index (κ3) is 2.82. The van der Waals surface area contributed by atoms with Crippen LogP contribution < -0.4 is 10.3 Å². The van der Waals surface area contributed by atoms with Gasteiger partial charge in [0.05, 0.1) is 23.5 Å². The molecule has 2 aliphatic heterocycles. The third-order valence-corrected chi connectivity index (χ3v) is 3.93. The molecule has 3 rings (SSSR count). The zero-order valence-corrected chi connectivity index (χ0v) is 14.0. The SMILES string of the molecule is CCN1C(=O)C(=CN(C)C)c2ccc(C3=NNCC(=O)C=C3)cc21. The van der Waals surface area contributed by atoms with Crippen molar-refractivity contribution in [3.05, 3.63) is 47.7 Å². The average Bonchev–Trinajstić information content (AvgIpc) is 2.69. The van der Waals surface area contributed by atoms with E-state index in [2.05, 4.69) is 10.5 Å². The van der Waals surface area contributed by atoms with Crippen LogP contribution in [0, 0.1) is 0 Å². The molecule has 0 bridgehead atoms. The largest absolute Gasteiger partial charge is 0.383 e. The zero-order chi connectivity index (χ0) is 17.3. The van der Waals surface area contributed by atoms with Gasteiger partial charge in [-0.15, -0.1) is 0 Å². The Labute approximate surface area is 141 Å². The van der Waals surface area contributed by atoms with Gasteiger partial charge in [-0.05, 0) is 25.1 Å². The summed E-state index contributed by atoms with van der Waals surface area (Å²) in [5, 5.41) is 4.24. The molecule has 24 heavy (non-hydrogen) atoms. The van der Waals surface area contributed by atoms with Gasteiger partial charge in [0, 0.05) is 38.0 Å². The molecule has 2 heterocycles. The maximum atomic E-state index is 12.6. The van der Waals surface area contributed by atoms with Crippen LogP contribution >= 0.6 is 0 Å². The maximum Gasteiger partial charge on any atom is 0.260 e. The van der Waals surface area contributed by atoms with E-state index in [1.54, 1.807) is 11.0 Å². The number of amides is 1. The summed E-state index contributed by atoms with van der Waals surface area (Å²) < 4.78 is 0. The van der Waals surface area contributed by atoms with Crippen LogP contribution in [0.2, 0.25) is 0 Å². The fourth-order valence-corrected chi connectivity index (χ4v) is 2.84. The van der Waals surface area contributed by atoms with E-state index in [1.807, 2.05) is 50.3 Å². The van der Waals surface area contributed by atoms with Crippen molar-refractivity contribution < 1.29 is 9.59 Å². The first-order chi connectivity index (χ1) is 11.5. The number of hydrogen-bond donors (Lipinski definition) is 1. The average molecular weight is 324 g/mol. The molecule has 0 spiro atoms. The van der Waals surface area contributed by atoms with Crippen LogP contribution in [0.1, 0.15) is 18.1 Å². The summed E-state index contributed by atoms with van der Waals surface area (Å²) >= 11 is 0. The van der Waals surface area contributed by atoms with Crippen molar-refractivity contribution >= 4 is 28.7 Å². The highest BCUT2D eigenvalue weighted by molar-refractivity contribution is 6.32. The number of ketones is 1. The second-order valence-corrected chi connectivity index (χ2v) is 5.92. The predicted octanol–water partition coefficient (Wildman–Crippen LogP) is 1.39. The molecule has 1 N–H and O–H groups in total. The highest BCUT2D eigenvalue weighted by Gasteiger charge is 2.32. The molecule has 6 nitrogen and oxygen atoms in total. The first kappa shape index (κ1) is 16.0. The fraction of sp³-hybridized carbons (Fsp3) is 0.278. The molecule has 124 valence electrons. The lowest BCUT2D eigenvalue weighted by atomic mass is 10.0. The molecule has 0 unspecified atom stereocenters.